The van der Waals surface area contributed by atoms with E-state index in [1.165, 1.54) is 19.5 Å². The Bertz CT molecular complexity index is 1100. The van der Waals surface area contributed by atoms with Crippen LogP contribution >= 0.6 is 34.8 Å². The molecule has 1 aromatic heterocycles. The molecule has 0 atom stereocenters. The summed E-state index contributed by atoms with van der Waals surface area (Å²) in [5.41, 5.74) is 3.34. The standard InChI is InChI=1S/C18H14Cl3N5O3/c1-28-15-6-10(7-22-25-16-8-23-26-18(27)24-16)2-5-14(15)29-9-11-12(19)3-4-13(20)17(11)21/h2-8H,9H2,1H3,(H2,24,25,26,27)/b22-7+. The Morgan fingerprint density at radius 2 is 1.97 bits per heavy atom. The molecule has 0 aliphatic rings. The molecule has 0 unspecified atom stereocenters. The first-order valence-electron chi connectivity index (χ1n) is 8.12. The summed E-state index contributed by atoms with van der Waals surface area (Å²) in [7, 11) is 1.52. The van der Waals surface area contributed by atoms with Gasteiger partial charge in [0.1, 0.15) is 6.61 Å². The maximum absolute atomic E-state index is 11.1. The summed E-state index contributed by atoms with van der Waals surface area (Å²) in [6.45, 7) is 0.116. The number of benzene rings is 2. The number of anilines is 1. The average molecular weight is 455 g/mol. The molecule has 11 heteroatoms. The van der Waals surface area contributed by atoms with Crippen LogP contribution in [0.4, 0.5) is 5.82 Å². The summed E-state index contributed by atoms with van der Waals surface area (Å²) in [6.07, 6.45) is 2.86. The van der Waals surface area contributed by atoms with Crippen molar-refractivity contribution in [3.8, 4) is 11.5 Å². The lowest BCUT2D eigenvalue weighted by molar-refractivity contribution is 0.284. The molecule has 29 heavy (non-hydrogen) atoms. The zero-order chi connectivity index (χ0) is 20.8. The third-order valence-corrected chi connectivity index (χ3v) is 4.86. The van der Waals surface area contributed by atoms with Gasteiger partial charge in [0.2, 0.25) is 0 Å². The van der Waals surface area contributed by atoms with E-state index in [1.54, 1.807) is 30.3 Å². The molecule has 8 nitrogen and oxygen atoms in total. The van der Waals surface area contributed by atoms with E-state index in [1.807, 2.05) is 0 Å². The summed E-state index contributed by atoms with van der Waals surface area (Å²) in [5.74, 6) is 1.19. The van der Waals surface area contributed by atoms with Gasteiger partial charge in [0.05, 0.1) is 29.6 Å². The lowest BCUT2D eigenvalue weighted by Gasteiger charge is -2.13. The molecule has 3 rings (SSSR count). The Labute approximate surface area is 180 Å². The zero-order valence-corrected chi connectivity index (χ0v) is 17.2. The van der Waals surface area contributed by atoms with Gasteiger partial charge in [-0.15, -0.1) is 0 Å². The van der Waals surface area contributed by atoms with Crippen LogP contribution in [-0.4, -0.2) is 28.5 Å². The number of rotatable bonds is 7. The van der Waals surface area contributed by atoms with Crippen molar-refractivity contribution in [2.75, 3.05) is 12.5 Å². The zero-order valence-electron chi connectivity index (χ0n) is 14.9. The Balaban J connectivity index is 1.71. The smallest absolute Gasteiger partial charge is 0.363 e. The highest BCUT2D eigenvalue weighted by molar-refractivity contribution is 6.44. The molecule has 0 saturated carbocycles. The van der Waals surface area contributed by atoms with E-state index >= 15 is 0 Å². The monoisotopic (exact) mass is 453 g/mol. The van der Waals surface area contributed by atoms with Crippen LogP contribution in [0.1, 0.15) is 11.1 Å². The van der Waals surface area contributed by atoms with E-state index < -0.39 is 5.69 Å². The topological polar surface area (TPSA) is 101 Å². The van der Waals surface area contributed by atoms with Crippen LogP contribution in [0.25, 0.3) is 0 Å². The SMILES string of the molecule is COc1cc(/C=N/Nc2cn[nH]c(=O)n2)ccc1OCc1c(Cl)ccc(Cl)c1Cl. The summed E-state index contributed by atoms with van der Waals surface area (Å²) < 4.78 is 11.2. The summed E-state index contributed by atoms with van der Waals surface area (Å²) in [4.78, 5) is 14.7. The van der Waals surface area contributed by atoms with Crippen molar-refractivity contribution >= 4 is 46.8 Å². The van der Waals surface area contributed by atoms with Crippen LogP contribution in [-0.2, 0) is 6.61 Å². The lowest BCUT2D eigenvalue weighted by atomic mass is 10.2. The number of methoxy groups -OCH3 is 1. The van der Waals surface area contributed by atoms with Crippen LogP contribution in [0.5, 0.6) is 11.5 Å². The quantitative estimate of drug-likeness (QED) is 0.316. The highest BCUT2D eigenvalue weighted by Gasteiger charge is 2.12. The van der Waals surface area contributed by atoms with Crippen molar-refractivity contribution in [3.63, 3.8) is 0 Å². The van der Waals surface area contributed by atoms with Gasteiger partial charge in [-0.3, -0.25) is 5.43 Å². The molecular formula is C18H14Cl3N5O3. The van der Waals surface area contributed by atoms with Crippen LogP contribution in [0.2, 0.25) is 15.1 Å². The van der Waals surface area contributed by atoms with Gasteiger partial charge in [-0.1, -0.05) is 34.8 Å². The van der Waals surface area contributed by atoms with Gasteiger partial charge in [0, 0.05) is 10.6 Å². The van der Waals surface area contributed by atoms with Gasteiger partial charge in [0.15, 0.2) is 17.3 Å². The molecule has 1 heterocycles. The third kappa shape index (κ3) is 5.38. The van der Waals surface area contributed by atoms with Gasteiger partial charge in [-0.25, -0.2) is 9.89 Å². The van der Waals surface area contributed by atoms with Crippen LogP contribution in [0, 0.1) is 0 Å². The second-order valence-corrected chi connectivity index (χ2v) is 6.76. The number of hydrogen-bond acceptors (Lipinski definition) is 7. The molecule has 0 saturated heterocycles. The van der Waals surface area contributed by atoms with Gasteiger partial charge in [-0.2, -0.15) is 15.2 Å². The fraction of sp³-hybridized carbons (Fsp3) is 0.111. The molecule has 0 spiro atoms. The first-order chi connectivity index (χ1) is 14.0. The van der Waals surface area contributed by atoms with E-state index in [-0.39, 0.29) is 12.4 Å². The molecule has 0 fully saturated rings. The number of H-pyrrole nitrogens is 1. The van der Waals surface area contributed by atoms with Crippen LogP contribution in [0.15, 0.2) is 46.4 Å². The minimum Gasteiger partial charge on any atom is -0.493 e. The number of aromatic amines is 1. The molecule has 150 valence electrons. The average Bonchev–Trinajstić information content (AvgIpc) is 2.71. The van der Waals surface area contributed by atoms with Crippen LogP contribution in [0.3, 0.4) is 0 Å². The number of hydrogen-bond donors (Lipinski definition) is 2. The number of hydrazone groups is 1. The van der Waals surface area contributed by atoms with E-state index in [2.05, 4.69) is 25.7 Å². The normalized spacial score (nSPS) is 10.9. The van der Waals surface area contributed by atoms with Gasteiger partial charge < -0.3 is 9.47 Å². The fourth-order valence-electron chi connectivity index (χ4n) is 2.27. The Morgan fingerprint density at radius 3 is 2.72 bits per heavy atom. The van der Waals surface area contributed by atoms with Crippen LogP contribution < -0.4 is 20.6 Å². The van der Waals surface area contributed by atoms with Crippen molar-refractivity contribution in [1.82, 2.24) is 15.2 Å². The summed E-state index contributed by atoms with van der Waals surface area (Å²) in [5, 5.41) is 11.0. The fourth-order valence-corrected chi connectivity index (χ4v) is 2.93. The van der Waals surface area contributed by atoms with E-state index in [0.717, 1.165) is 5.56 Å². The Kier molecular flexibility index (Phi) is 6.92. The van der Waals surface area contributed by atoms with Crippen molar-refractivity contribution in [1.29, 1.82) is 0 Å². The molecule has 0 amide bonds. The number of ether oxygens (including phenoxy) is 2. The molecular weight excluding hydrogens is 441 g/mol. The third-order valence-electron chi connectivity index (χ3n) is 3.66. The van der Waals surface area contributed by atoms with Crippen molar-refractivity contribution < 1.29 is 9.47 Å². The highest BCUT2D eigenvalue weighted by atomic mass is 35.5. The largest absolute Gasteiger partial charge is 0.493 e. The predicted octanol–water partition coefficient (Wildman–Crippen LogP) is 4.16. The van der Waals surface area contributed by atoms with E-state index in [4.69, 9.17) is 44.3 Å². The highest BCUT2D eigenvalue weighted by Crippen LogP contribution is 2.34. The van der Waals surface area contributed by atoms with Gasteiger partial charge in [-0.05, 0) is 35.9 Å². The van der Waals surface area contributed by atoms with E-state index in [0.29, 0.717) is 32.1 Å². The molecule has 3 aromatic rings. The summed E-state index contributed by atoms with van der Waals surface area (Å²) >= 11 is 18.4. The minimum atomic E-state index is -0.576. The number of halogens is 3. The second-order valence-electron chi connectivity index (χ2n) is 5.56. The molecule has 0 aliphatic carbocycles. The maximum atomic E-state index is 11.1. The summed E-state index contributed by atoms with van der Waals surface area (Å²) in [6, 6.07) is 8.50. The molecule has 0 radical (unpaired) electrons. The van der Waals surface area contributed by atoms with E-state index in [9.17, 15) is 4.79 Å². The minimum absolute atomic E-state index is 0.116. The Hall–Kier alpha value is -2.81. The number of aromatic nitrogens is 3. The molecule has 0 bridgehead atoms. The van der Waals surface area contributed by atoms with Gasteiger partial charge in [0.25, 0.3) is 0 Å². The predicted molar refractivity (Wildman–Crippen MR) is 113 cm³/mol. The Morgan fingerprint density at radius 1 is 1.17 bits per heavy atom. The molecule has 2 N–H and O–H groups in total. The first kappa shape index (κ1) is 20.9. The van der Waals surface area contributed by atoms with Crippen molar-refractivity contribution in [2.45, 2.75) is 6.61 Å². The number of nitrogens with zero attached hydrogens (tertiary/aromatic N) is 3. The first-order valence-corrected chi connectivity index (χ1v) is 9.25. The van der Waals surface area contributed by atoms with Crippen molar-refractivity contribution in [3.05, 3.63) is 73.2 Å². The number of nitrogens with one attached hydrogen (secondary N) is 2. The second kappa shape index (κ2) is 9.60. The molecule has 0 aliphatic heterocycles. The maximum Gasteiger partial charge on any atom is 0.363 e. The van der Waals surface area contributed by atoms with Crippen molar-refractivity contribution in [2.24, 2.45) is 5.10 Å². The van der Waals surface area contributed by atoms with Gasteiger partial charge >= 0.3 is 5.69 Å². The lowest BCUT2D eigenvalue weighted by Crippen LogP contribution is -2.13. The molecule has 2 aromatic carbocycles.